The molecule has 1 unspecified atom stereocenters. The van der Waals surface area contributed by atoms with E-state index in [9.17, 15) is 9.90 Å². The van der Waals surface area contributed by atoms with E-state index in [2.05, 4.69) is 4.90 Å². The summed E-state index contributed by atoms with van der Waals surface area (Å²) in [5.41, 5.74) is 1.59. The molecule has 0 spiro atoms. The average molecular weight is 279 g/mol. The number of likely N-dealkylation sites (tertiary alicyclic amines) is 1. The molecule has 1 heterocycles. The van der Waals surface area contributed by atoms with Crippen LogP contribution in [-0.2, 0) is 9.53 Å². The number of carboxylic acid groups (broad SMARTS) is 1. The summed E-state index contributed by atoms with van der Waals surface area (Å²) in [6.07, 6.45) is 0. The number of hydrogen-bond acceptors (Lipinski definition) is 4. The molecule has 110 valence electrons. The van der Waals surface area contributed by atoms with E-state index < -0.39 is 11.6 Å². The summed E-state index contributed by atoms with van der Waals surface area (Å²) in [7, 11) is 0. The van der Waals surface area contributed by atoms with Crippen molar-refractivity contribution in [2.24, 2.45) is 0 Å². The molecule has 1 fully saturated rings. The Morgan fingerprint density at radius 3 is 2.75 bits per heavy atom. The molecule has 1 aromatic rings. The molecule has 20 heavy (non-hydrogen) atoms. The lowest BCUT2D eigenvalue weighted by molar-refractivity contribution is -0.169. The number of carbonyl (C=O) groups is 1. The van der Waals surface area contributed by atoms with Crippen LogP contribution in [0.15, 0.2) is 18.2 Å². The van der Waals surface area contributed by atoms with Gasteiger partial charge in [0.05, 0.1) is 5.60 Å². The summed E-state index contributed by atoms with van der Waals surface area (Å²) >= 11 is 0. The molecule has 2 N–H and O–H groups in total. The first kappa shape index (κ1) is 14.8. The van der Waals surface area contributed by atoms with E-state index in [1.807, 2.05) is 32.9 Å². The molecular weight excluding hydrogens is 258 g/mol. The molecule has 1 aromatic carbocycles. The fraction of sp³-hybridized carbons (Fsp3) is 0.533. The number of rotatable bonds is 5. The van der Waals surface area contributed by atoms with Crippen LogP contribution >= 0.6 is 0 Å². The fourth-order valence-electron chi connectivity index (χ4n) is 2.62. The number of phenols is 1. The van der Waals surface area contributed by atoms with E-state index >= 15 is 0 Å². The number of nitrogens with zero attached hydrogens (tertiary/aromatic N) is 1. The summed E-state index contributed by atoms with van der Waals surface area (Å²) in [5.74, 6) is -0.655. The van der Waals surface area contributed by atoms with Crippen LogP contribution in [0.4, 0.5) is 0 Å². The first-order valence-corrected chi connectivity index (χ1v) is 6.70. The number of phenolic OH excluding ortho intramolecular Hbond substituents is 1. The molecular formula is C15H21NO4. The van der Waals surface area contributed by atoms with Crippen molar-refractivity contribution in [1.82, 2.24) is 4.90 Å². The molecule has 0 radical (unpaired) electrons. The first-order valence-electron chi connectivity index (χ1n) is 6.70. The van der Waals surface area contributed by atoms with Crippen LogP contribution in [0.3, 0.4) is 0 Å². The van der Waals surface area contributed by atoms with Crippen molar-refractivity contribution >= 4 is 5.97 Å². The number of aromatic hydroxyl groups is 1. The molecule has 0 bridgehead atoms. The topological polar surface area (TPSA) is 70.0 Å². The van der Waals surface area contributed by atoms with E-state index in [-0.39, 0.29) is 12.6 Å². The molecule has 5 nitrogen and oxygen atoms in total. The van der Waals surface area contributed by atoms with Gasteiger partial charge in [-0.05, 0) is 26.8 Å². The number of hydrogen-bond donors (Lipinski definition) is 2. The highest BCUT2D eigenvalue weighted by atomic mass is 16.5. The van der Waals surface area contributed by atoms with Crippen LogP contribution in [0.1, 0.15) is 31.0 Å². The van der Waals surface area contributed by atoms with Crippen molar-refractivity contribution in [2.75, 3.05) is 19.7 Å². The maximum absolute atomic E-state index is 10.5. The Morgan fingerprint density at radius 2 is 2.15 bits per heavy atom. The minimum absolute atomic E-state index is 0.0800. The van der Waals surface area contributed by atoms with Gasteiger partial charge in [0.1, 0.15) is 12.4 Å². The Kier molecular flexibility index (Phi) is 4.01. The number of aryl methyl sites for hydroxylation is 1. The van der Waals surface area contributed by atoms with Crippen molar-refractivity contribution in [1.29, 1.82) is 0 Å². The van der Waals surface area contributed by atoms with Crippen LogP contribution in [-0.4, -0.2) is 46.4 Å². The summed E-state index contributed by atoms with van der Waals surface area (Å²) in [4.78, 5) is 12.7. The summed E-state index contributed by atoms with van der Waals surface area (Å²) in [5, 5.41) is 18.6. The Hall–Kier alpha value is -1.59. The predicted molar refractivity (Wildman–Crippen MR) is 74.8 cm³/mol. The second kappa shape index (κ2) is 5.42. The smallest absolute Gasteiger partial charge is 0.329 e. The van der Waals surface area contributed by atoms with Gasteiger partial charge in [-0.3, -0.25) is 4.90 Å². The van der Waals surface area contributed by atoms with Crippen LogP contribution in [0.25, 0.3) is 0 Å². The van der Waals surface area contributed by atoms with Gasteiger partial charge in [0.25, 0.3) is 0 Å². The molecule has 5 heteroatoms. The quantitative estimate of drug-likeness (QED) is 0.862. The van der Waals surface area contributed by atoms with Gasteiger partial charge in [-0.15, -0.1) is 0 Å². The van der Waals surface area contributed by atoms with Crippen molar-refractivity contribution in [3.63, 3.8) is 0 Å². The normalized spacial score (nSPS) is 19.4. The van der Waals surface area contributed by atoms with Gasteiger partial charge in [-0.2, -0.15) is 0 Å². The van der Waals surface area contributed by atoms with Gasteiger partial charge in [-0.25, -0.2) is 4.79 Å². The van der Waals surface area contributed by atoms with E-state index in [1.165, 1.54) is 0 Å². The van der Waals surface area contributed by atoms with Gasteiger partial charge >= 0.3 is 5.97 Å². The third-order valence-corrected chi connectivity index (χ3v) is 3.80. The third-order valence-electron chi connectivity index (χ3n) is 3.80. The minimum atomic E-state index is -0.950. The number of ether oxygens (including phenoxy) is 1. The van der Waals surface area contributed by atoms with Crippen molar-refractivity contribution in [3.05, 3.63) is 29.3 Å². The molecule has 1 saturated heterocycles. The van der Waals surface area contributed by atoms with Gasteiger partial charge in [0.2, 0.25) is 0 Å². The average Bonchev–Trinajstić information content (AvgIpc) is 2.35. The van der Waals surface area contributed by atoms with Gasteiger partial charge in [0.15, 0.2) is 0 Å². The Labute approximate surface area is 118 Å². The molecule has 2 rings (SSSR count). The van der Waals surface area contributed by atoms with Gasteiger partial charge in [0, 0.05) is 24.7 Å². The van der Waals surface area contributed by atoms with Crippen molar-refractivity contribution in [3.8, 4) is 5.75 Å². The SMILES string of the molecule is Cc1ccc(O)c(C(C)N2CC(C)(OCC(=O)O)C2)c1. The molecule has 0 aromatic heterocycles. The summed E-state index contributed by atoms with van der Waals surface area (Å²) in [6.45, 7) is 6.99. The highest BCUT2D eigenvalue weighted by molar-refractivity contribution is 5.68. The fourth-order valence-corrected chi connectivity index (χ4v) is 2.62. The Morgan fingerprint density at radius 1 is 1.50 bits per heavy atom. The number of benzene rings is 1. The molecule has 0 amide bonds. The van der Waals surface area contributed by atoms with E-state index in [0.29, 0.717) is 18.8 Å². The standard InChI is InChI=1S/C15H21NO4/c1-10-4-5-13(17)12(6-10)11(2)16-8-15(3,9-16)20-7-14(18)19/h4-6,11,17H,7-9H2,1-3H3,(H,18,19). The zero-order valence-electron chi connectivity index (χ0n) is 12.1. The summed E-state index contributed by atoms with van der Waals surface area (Å²) < 4.78 is 5.39. The minimum Gasteiger partial charge on any atom is -0.508 e. The second-order valence-corrected chi connectivity index (χ2v) is 5.78. The lowest BCUT2D eigenvalue weighted by Crippen LogP contribution is -2.62. The van der Waals surface area contributed by atoms with E-state index in [0.717, 1.165) is 11.1 Å². The largest absolute Gasteiger partial charge is 0.508 e. The van der Waals surface area contributed by atoms with E-state index in [4.69, 9.17) is 9.84 Å². The molecule has 1 aliphatic heterocycles. The number of aliphatic carboxylic acids is 1. The third kappa shape index (κ3) is 3.11. The van der Waals surface area contributed by atoms with Crippen LogP contribution in [0, 0.1) is 6.92 Å². The van der Waals surface area contributed by atoms with Crippen LogP contribution in [0.2, 0.25) is 0 Å². The Bertz CT molecular complexity index is 509. The van der Waals surface area contributed by atoms with Crippen LogP contribution in [0.5, 0.6) is 5.75 Å². The monoisotopic (exact) mass is 279 g/mol. The molecule has 0 saturated carbocycles. The van der Waals surface area contributed by atoms with Gasteiger partial charge < -0.3 is 14.9 Å². The number of carboxylic acids is 1. The van der Waals surface area contributed by atoms with Crippen molar-refractivity contribution < 1.29 is 19.7 Å². The highest BCUT2D eigenvalue weighted by Gasteiger charge is 2.42. The molecule has 0 aliphatic carbocycles. The predicted octanol–water partition coefficient (Wildman–Crippen LogP) is 1.94. The zero-order valence-corrected chi connectivity index (χ0v) is 12.1. The summed E-state index contributed by atoms with van der Waals surface area (Å²) in [6, 6.07) is 5.65. The molecule has 1 aliphatic rings. The first-order chi connectivity index (χ1) is 9.31. The highest BCUT2D eigenvalue weighted by Crippen LogP contribution is 2.36. The van der Waals surface area contributed by atoms with Gasteiger partial charge in [-0.1, -0.05) is 17.7 Å². The van der Waals surface area contributed by atoms with Crippen LogP contribution < -0.4 is 0 Å². The zero-order chi connectivity index (χ0) is 14.9. The van der Waals surface area contributed by atoms with E-state index in [1.54, 1.807) is 6.07 Å². The lowest BCUT2D eigenvalue weighted by Gasteiger charge is -2.50. The second-order valence-electron chi connectivity index (χ2n) is 5.78. The maximum atomic E-state index is 10.5. The molecule has 1 atom stereocenters. The maximum Gasteiger partial charge on any atom is 0.329 e. The Balaban J connectivity index is 1.98. The van der Waals surface area contributed by atoms with Crippen molar-refractivity contribution in [2.45, 2.75) is 32.4 Å². The lowest BCUT2D eigenvalue weighted by atomic mass is 9.91.